The molecule has 7 heteroatoms. The van der Waals surface area contributed by atoms with Crippen LogP contribution in [0.4, 0.5) is 17.6 Å². The zero-order valence-corrected chi connectivity index (χ0v) is 14.4. The molecule has 0 spiro atoms. The van der Waals surface area contributed by atoms with Crippen LogP contribution in [0.2, 0.25) is 0 Å². The second kappa shape index (κ2) is 7.47. The van der Waals surface area contributed by atoms with E-state index in [2.05, 4.69) is 4.99 Å². The number of aliphatic imine (C=N–C) groups is 1. The highest BCUT2D eigenvalue weighted by Crippen LogP contribution is 2.31. The van der Waals surface area contributed by atoms with E-state index in [-0.39, 0.29) is 17.9 Å². The van der Waals surface area contributed by atoms with E-state index >= 15 is 0 Å². The van der Waals surface area contributed by atoms with Crippen LogP contribution in [0.3, 0.4) is 0 Å². The van der Waals surface area contributed by atoms with Crippen molar-refractivity contribution < 1.29 is 22.4 Å². The molecule has 136 valence electrons. The molecule has 1 heterocycles. The van der Waals surface area contributed by atoms with E-state index in [9.17, 15) is 22.4 Å². The third-order valence-electron chi connectivity index (χ3n) is 3.95. The Balaban J connectivity index is 2.19. The molecule has 0 aliphatic carbocycles. The Hall–Kier alpha value is -2.02. The fraction of sp³-hybridized carbons (Fsp3) is 0.444. The number of Topliss-reactive ketones (excluding diaryl/α,β-unsaturated/α-hetero) is 1. The van der Waals surface area contributed by atoms with E-state index in [1.807, 2.05) is 18.7 Å². The van der Waals surface area contributed by atoms with E-state index in [1.54, 1.807) is 0 Å². The number of halogens is 4. The maximum absolute atomic E-state index is 14.0. The van der Waals surface area contributed by atoms with Crippen LogP contribution in [-0.4, -0.2) is 29.5 Å². The van der Waals surface area contributed by atoms with Crippen molar-refractivity contribution in [1.29, 1.82) is 0 Å². The first kappa shape index (κ1) is 19.3. The summed E-state index contributed by atoms with van der Waals surface area (Å²) in [5.41, 5.74) is 1.31. The van der Waals surface area contributed by atoms with E-state index in [1.165, 1.54) is 6.92 Å². The van der Waals surface area contributed by atoms with Crippen LogP contribution in [0.1, 0.15) is 38.3 Å². The lowest BCUT2D eigenvalue weighted by molar-refractivity contribution is -0.137. The number of hydrogen-bond donors (Lipinski definition) is 0. The van der Waals surface area contributed by atoms with Crippen LogP contribution in [0.15, 0.2) is 34.5 Å². The molecule has 0 amide bonds. The minimum absolute atomic E-state index is 0.0995. The van der Waals surface area contributed by atoms with Crippen LogP contribution in [0, 0.1) is 5.82 Å². The summed E-state index contributed by atoms with van der Waals surface area (Å²) in [6.45, 7) is 6.15. The molecule has 0 aromatic heterocycles. The van der Waals surface area contributed by atoms with Crippen molar-refractivity contribution in [3.8, 4) is 0 Å². The fourth-order valence-corrected chi connectivity index (χ4v) is 2.74. The van der Waals surface area contributed by atoms with Crippen LogP contribution >= 0.6 is 0 Å². The van der Waals surface area contributed by atoms with Gasteiger partial charge in [-0.25, -0.2) is 4.39 Å². The highest BCUT2D eigenvalue weighted by molar-refractivity contribution is 5.95. The maximum Gasteiger partial charge on any atom is 0.416 e. The number of carbonyl (C=O) groups excluding carboxylic acids is 1. The predicted octanol–water partition coefficient (Wildman–Crippen LogP) is 4.37. The number of carbonyl (C=O) groups is 1. The quantitative estimate of drug-likeness (QED) is 0.593. The molecule has 1 aromatic rings. The van der Waals surface area contributed by atoms with Gasteiger partial charge < -0.3 is 0 Å². The van der Waals surface area contributed by atoms with Gasteiger partial charge in [0.2, 0.25) is 0 Å². The summed E-state index contributed by atoms with van der Waals surface area (Å²) in [4.78, 5) is 18.1. The van der Waals surface area contributed by atoms with E-state index in [0.29, 0.717) is 31.1 Å². The van der Waals surface area contributed by atoms with Crippen LogP contribution < -0.4 is 0 Å². The number of rotatable bonds is 4. The van der Waals surface area contributed by atoms with Gasteiger partial charge in [0, 0.05) is 48.6 Å². The zero-order chi connectivity index (χ0) is 18.8. The summed E-state index contributed by atoms with van der Waals surface area (Å²) in [6, 6.07) is 2.54. The summed E-state index contributed by atoms with van der Waals surface area (Å²) in [5.74, 6) is -0.992. The molecule has 0 bridgehead atoms. The molecule has 0 N–H and O–H groups in total. The van der Waals surface area contributed by atoms with Crippen molar-refractivity contribution in [2.45, 2.75) is 39.9 Å². The molecule has 3 nitrogen and oxygen atoms in total. The topological polar surface area (TPSA) is 32.7 Å². The highest BCUT2D eigenvalue weighted by Gasteiger charge is 2.31. The van der Waals surface area contributed by atoms with Crippen molar-refractivity contribution in [1.82, 2.24) is 4.90 Å². The maximum atomic E-state index is 14.0. The molecule has 0 fully saturated rings. The van der Waals surface area contributed by atoms with E-state index in [0.717, 1.165) is 23.5 Å². The lowest BCUT2D eigenvalue weighted by Gasteiger charge is -2.29. The summed E-state index contributed by atoms with van der Waals surface area (Å²) >= 11 is 0. The average molecular weight is 356 g/mol. The van der Waals surface area contributed by atoms with Crippen LogP contribution in [0.5, 0.6) is 0 Å². The number of alkyl halides is 3. The minimum atomic E-state index is -4.57. The SMILES string of the molecule is CC(=O)C1=C(N=C(C)C)CCN(Cc2ccc(C(F)(F)F)cc2F)C1. The normalized spacial score (nSPS) is 16.1. The fourth-order valence-electron chi connectivity index (χ4n) is 2.74. The number of ketones is 1. The van der Waals surface area contributed by atoms with Gasteiger partial charge in [0.25, 0.3) is 0 Å². The van der Waals surface area contributed by atoms with Gasteiger partial charge in [0.05, 0.1) is 5.56 Å². The lowest BCUT2D eigenvalue weighted by atomic mass is 10.0. The third kappa shape index (κ3) is 4.98. The molecular formula is C18H20F4N2O. The van der Waals surface area contributed by atoms with E-state index < -0.39 is 17.6 Å². The van der Waals surface area contributed by atoms with Gasteiger partial charge in [0.15, 0.2) is 5.78 Å². The van der Waals surface area contributed by atoms with Gasteiger partial charge in [-0.15, -0.1) is 0 Å². The summed E-state index contributed by atoms with van der Waals surface area (Å²) in [7, 11) is 0. The summed E-state index contributed by atoms with van der Waals surface area (Å²) < 4.78 is 51.8. The third-order valence-corrected chi connectivity index (χ3v) is 3.95. The van der Waals surface area contributed by atoms with Gasteiger partial charge in [-0.3, -0.25) is 14.7 Å². The number of nitrogens with zero attached hydrogens (tertiary/aromatic N) is 2. The Morgan fingerprint density at radius 2 is 1.92 bits per heavy atom. The summed E-state index contributed by atoms with van der Waals surface area (Å²) in [6.07, 6.45) is -4.03. The Morgan fingerprint density at radius 1 is 1.24 bits per heavy atom. The molecule has 2 rings (SSSR count). The monoisotopic (exact) mass is 356 g/mol. The Labute approximate surface area is 144 Å². The molecule has 0 unspecified atom stereocenters. The van der Waals surface area contributed by atoms with Gasteiger partial charge in [-0.2, -0.15) is 13.2 Å². The van der Waals surface area contributed by atoms with Crippen LogP contribution in [0.25, 0.3) is 0 Å². The zero-order valence-electron chi connectivity index (χ0n) is 14.4. The van der Waals surface area contributed by atoms with Gasteiger partial charge in [-0.1, -0.05) is 6.07 Å². The standard InChI is InChI=1S/C18H20F4N2O/c1-11(2)23-17-6-7-24(10-15(17)12(3)25)9-13-4-5-14(8-16(13)19)18(20,21)22/h4-5,8H,6-7,9-10H2,1-3H3. The van der Waals surface area contributed by atoms with E-state index in [4.69, 9.17) is 0 Å². The second-order valence-electron chi connectivity index (χ2n) is 6.31. The van der Waals surface area contributed by atoms with Crippen LogP contribution in [-0.2, 0) is 17.5 Å². The van der Waals surface area contributed by atoms with Gasteiger partial charge in [0.1, 0.15) is 5.82 Å². The molecule has 0 atom stereocenters. The molecule has 0 radical (unpaired) electrons. The van der Waals surface area contributed by atoms with Crippen molar-refractivity contribution >= 4 is 11.5 Å². The first-order valence-corrected chi connectivity index (χ1v) is 7.90. The highest BCUT2D eigenvalue weighted by atomic mass is 19.4. The van der Waals surface area contributed by atoms with Crippen molar-refractivity contribution in [3.05, 3.63) is 46.4 Å². The van der Waals surface area contributed by atoms with Crippen molar-refractivity contribution in [3.63, 3.8) is 0 Å². The molecule has 0 saturated carbocycles. The molecule has 1 aromatic carbocycles. The molecule has 1 aliphatic rings. The molecule has 25 heavy (non-hydrogen) atoms. The predicted molar refractivity (Wildman–Crippen MR) is 87.8 cm³/mol. The second-order valence-corrected chi connectivity index (χ2v) is 6.31. The molecule has 0 saturated heterocycles. The van der Waals surface area contributed by atoms with Gasteiger partial charge >= 0.3 is 6.18 Å². The molecule has 1 aliphatic heterocycles. The number of hydrogen-bond acceptors (Lipinski definition) is 3. The molecular weight excluding hydrogens is 336 g/mol. The largest absolute Gasteiger partial charge is 0.416 e. The van der Waals surface area contributed by atoms with Crippen molar-refractivity contribution in [2.24, 2.45) is 4.99 Å². The minimum Gasteiger partial charge on any atom is -0.295 e. The Kier molecular flexibility index (Phi) is 5.77. The lowest BCUT2D eigenvalue weighted by Crippen LogP contribution is -2.33. The smallest absolute Gasteiger partial charge is 0.295 e. The Bertz CT molecular complexity index is 731. The Morgan fingerprint density at radius 3 is 2.44 bits per heavy atom. The van der Waals surface area contributed by atoms with Crippen molar-refractivity contribution in [2.75, 3.05) is 13.1 Å². The summed E-state index contributed by atoms with van der Waals surface area (Å²) in [5, 5.41) is 0. The first-order chi connectivity index (χ1) is 11.6. The van der Waals surface area contributed by atoms with Gasteiger partial charge in [-0.05, 0) is 32.9 Å². The average Bonchev–Trinajstić information content (AvgIpc) is 2.49. The first-order valence-electron chi connectivity index (χ1n) is 7.90. The number of benzene rings is 1.